The molecule has 0 saturated heterocycles. The van der Waals surface area contributed by atoms with Crippen molar-refractivity contribution in [3.8, 4) is 5.75 Å². The lowest BCUT2D eigenvalue weighted by Crippen LogP contribution is -2.25. The molecule has 2 aromatic carbocycles. The van der Waals surface area contributed by atoms with E-state index in [0.717, 1.165) is 30.0 Å². The first-order valence-corrected chi connectivity index (χ1v) is 9.11. The predicted octanol–water partition coefficient (Wildman–Crippen LogP) is 4.21. The standard InChI is InChI=1S/C21H27N3O2/c1-2-3-4-8-15-26-20-13-11-18(12-14-20)16-23-24-21(25)17-22-19-9-6-5-7-10-19/h5-7,9-14,16,22H,2-4,8,15,17H2,1H3,(H,24,25). The van der Waals surface area contributed by atoms with E-state index in [1.807, 2.05) is 54.6 Å². The van der Waals surface area contributed by atoms with Crippen molar-refractivity contribution < 1.29 is 9.53 Å². The summed E-state index contributed by atoms with van der Waals surface area (Å²) in [4.78, 5) is 11.7. The van der Waals surface area contributed by atoms with Crippen molar-refractivity contribution >= 4 is 17.8 Å². The van der Waals surface area contributed by atoms with Gasteiger partial charge >= 0.3 is 0 Å². The molecule has 5 heteroatoms. The molecule has 0 heterocycles. The van der Waals surface area contributed by atoms with E-state index >= 15 is 0 Å². The Morgan fingerprint density at radius 1 is 1.04 bits per heavy atom. The van der Waals surface area contributed by atoms with Crippen LogP contribution in [0.1, 0.15) is 38.2 Å². The van der Waals surface area contributed by atoms with Crippen LogP contribution in [0.15, 0.2) is 59.7 Å². The second-order valence-corrected chi connectivity index (χ2v) is 5.99. The molecule has 0 unspecified atom stereocenters. The summed E-state index contributed by atoms with van der Waals surface area (Å²) in [5.41, 5.74) is 4.31. The predicted molar refractivity (Wildman–Crippen MR) is 107 cm³/mol. The van der Waals surface area contributed by atoms with Crippen molar-refractivity contribution in [1.29, 1.82) is 0 Å². The molecule has 0 aliphatic heterocycles. The first-order valence-electron chi connectivity index (χ1n) is 9.11. The van der Waals surface area contributed by atoms with E-state index in [2.05, 4.69) is 22.8 Å². The van der Waals surface area contributed by atoms with Crippen LogP contribution in [-0.4, -0.2) is 25.3 Å². The third-order valence-corrected chi connectivity index (χ3v) is 3.78. The average Bonchev–Trinajstić information content (AvgIpc) is 2.68. The topological polar surface area (TPSA) is 62.7 Å². The number of carbonyl (C=O) groups is 1. The number of benzene rings is 2. The molecule has 0 radical (unpaired) electrons. The highest BCUT2D eigenvalue weighted by atomic mass is 16.5. The summed E-state index contributed by atoms with van der Waals surface area (Å²) in [5.74, 6) is 0.659. The monoisotopic (exact) mass is 353 g/mol. The molecule has 138 valence electrons. The number of hydrogen-bond acceptors (Lipinski definition) is 4. The van der Waals surface area contributed by atoms with Gasteiger partial charge in [0.25, 0.3) is 5.91 Å². The van der Waals surface area contributed by atoms with Gasteiger partial charge in [0.15, 0.2) is 0 Å². The van der Waals surface area contributed by atoms with Crippen molar-refractivity contribution in [2.45, 2.75) is 32.6 Å². The molecule has 5 nitrogen and oxygen atoms in total. The average molecular weight is 353 g/mol. The highest BCUT2D eigenvalue weighted by Crippen LogP contribution is 2.12. The van der Waals surface area contributed by atoms with Crippen LogP contribution in [0.5, 0.6) is 5.75 Å². The molecular formula is C21H27N3O2. The largest absolute Gasteiger partial charge is 0.494 e. The molecule has 0 fully saturated rings. The number of anilines is 1. The lowest BCUT2D eigenvalue weighted by Gasteiger charge is -2.06. The minimum absolute atomic E-state index is 0.173. The maximum Gasteiger partial charge on any atom is 0.259 e. The van der Waals surface area contributed by atoms with Gasteiger partial charge in [-0.3, -0.25) is 4.79 Å². The van der Waals surface area contributed by atoms with Crippen molar-refractivity contribution in [1.82, 2.24) is 5.43 Å². The highest BCUT2D eigenvalue weighted by molar-refractivity contribution is 5.84. The summed E-state index contributed by atoms with van der Waals surface area (Å²) in [5, 5.41) is 7.00. The van der Waals surface area contributed by atoms with Crippen LogP contribution in [0.2, 0.25) is 0 Å². The Morgan fingerprint density at radius 2 is 1.81 bits per heavy atom. The van der Waals surface area contributed by atoms with Crippen LogP contribution >= 0.6 is 0 Å². The number of para-hydroxylation sites is 1. The van der Waals surface area contributed by atoms with Gasteiger partial charge in [-0.25, -0.2) is 5.43 Å². The zero-order chi connectivity index (χ0) is 18.5. The Bertz CT molecular complexity index is 669. The third-order valence-electron chi connectivity index (χ3n) is 3.78. The van der Waals surface area contributed by atoms with E-state index in [1.54, 1.807) is 6.21 Å². The van der Waals surface area contributed by atoms with Gasteiger partial charge in [-0.2, -0.15) is 5.10 Å². The van der Waals surface area contributed by atoms with Gasteiger partial charge in [0.1, 0.15) is 5.75 Å². The zero-order valence-corrected chi connectivity index (χ0v) is 15.3. The van der Waals surface area contributed by atoms with Crippen molar-refractivity contribution in [2.24, 2.45) is 5.10 Å². The second-order valence-electron chi connectivity index (χ2n) is 5.99. The Morgan fingerprint density at radius 3 is 2.54 bits per heavy atom. The van der Waals surface area contributed by atoms with Gasteiger partial charge in [0, 0.05) is 5.69 Å². The number of rotatable bonds is 11. The fourth-order valence-corrected chi connectivity index (χ4v) is 2.33. The number of unbranched alkanes of at least 4 members (excludes halogenated alkanes) is 3. The molecule has 2 aromatic rings. The number of hydrazone groups is 1. The molecule has 0 atom stereocenters. The summed E-state index contributed by atoms with van der Waals surface area (Å²) >= 11 is 0. The molecule has 26 heavy (non-hydrogen) atoms. The quantitative estimate of drug-likeness (QED) is 0.361. The van der Waals surface area contributed by atoms with Gasteiger partial charge in [-0.05, 0) is 48.4 Å². The molecular weight excluding hydrogens is 326 g/mol. The molecule has 2 N–H and O–H groups in total. The van der Waals surface area contributed by atoms with Crippen LogP contribution < -0.4 is 15.5 Å². The Hall–Kier alpha value is -2.82. The van der Waals surface area contributed by atoms with Gasteiger partial charge < -0.3 is 10.1 Å². The van der Waals surface area contributed by atoms with Gasteiger partial charge in [0.2, 0.25) is 0 Å². The third kappa shape index (κ3) is 7.83. The molecule has 0 bridgehead atoms. The normalized spacial score (nSPS) is 10.7. The van der Waals surface area contributed by atoms with Crippen molar-refractivity contribution in [3.05, 3.63) is 60.2 Å². The van der Waals surface area contributed by atoms with E-state index < -0.39 is 0 Å². The van der Waals surface area contributed by atoms with Crippen LogP contribution in [0.3, 0.4) is 0 Å². The molecule has 0 saturated carbocycles. The fraction of sp³-hybridized carbons (Fsp3) is 0.333. The van der Waals surface area contributed by atoms with Crippen molar-refractivity contribution in [2.75, 3.05) is 18.5 Å². The van der Waals surface area contributed by atoms with E-state index in [4.69, 9.17) is 4.74 Å². The maximum absolute atomic E-state index is 11.7. The summed E-state index contributed by atoms with van der Waals surface area (Å²) < 4.78 is 5.70. The number of nitrogens with zero attached hydrogens (tertiary/aromatic N) is 1. The maximum atomic E-state index is 11.7. The van der Waals surface area contributed by atoms with Crippen LogP contribution in [0.25, 0.3) is 0 Å². The van der Waals surface area contributed by atoms with Crippen LogP contribution in [0.4, 0.5) is 5.69 Å². The van der Waals surface area contributed by atoms with E-state index in [-0.39, 0.29) is 12.5 Å². The Labute approximate surface area is 155 Å². The Balaban J connectivity index is 1.66. The first kappa shape index (κ1) is 19.5. The second kappa shape index (κ2) is 11.7. The van der Waals surface area contributed by atoms with Gasteiger partial charge in [0.05, 0.1) is 19.4 Å². The first-order chi connectivity index (χ1) is 12.8. The lowest BCUT2D eigenvalue weighted by atomic mass is 10.2. The zero-order valence-electron chi connectivity index (χ0n) is 15.3. The van der Waals surface area contributed by atoms with E-state index in [0.29, 0.717) is 0 Å². The highest BCUT2D eigenvalue weighted by Gasteiger charge is 1.99. The number of nitrogens with one attached hydrogen (secondary N) is 2. The lowest BCUT2D eigenvalue weighted by molar-refractivity contribution is -0.119. The van der Waals surface area contributed by atoms with Gasteiger partial charge in [-0.1, -0.05) is 44.4 Å². The SMILES string of the molecule is CCCCCCOc1ccc(C=NNC(=O)CNc2ccccc2)cc1. The molecule has 0 aliphatic carbocycles. The number of ether oxygens (including phenoxy) is 1. The fourth-order valence-electron chi connectivity index (χ4n) is 2.33. The van der Waals surface area contributed by atoms with E-state index in [1.165, 1.54) is 19.3 Å². The minimum atomic E-state index is -0.197. The Kier molecular flexibility index (Phi) is 8.77. The minimum Gasteiger partial charge on any atom is -0.494 e. The molecule has 2 rings (SSSR count). The summed E-state index contributed by atoms with van der Waals surface area (Å²) in [6.07, 6.45) is 6.39. The molecule has 0 aliphatic rings. The number of hydrogen-bond donors (Lipinski definition) is 2. The smallest absolute Gasteiger partial charge is 0.259 e. The van der Waals surface area contributed by atoms with Crippen LogP contribution in [-0.2, 0) is 4.79 Å². The van der Waals surface area contributed by atoms with Gasteiger partial charge in [-0.15, -0.1) is 0 Å². The summed E-state index contributed by atoms with van der Waals surface area (Å²) in [6.45, 7) is 3.12. The van der Waals surface area contributed by atoms with Crippen molar-refractivity contribution in [3.63, 3.8) is 0 Å². The summed E-state index contributed by atoms with van der Waals surface area (Å²) in [6, 6.07) is 17.2. The van der Waals surface area contributed by atoms with Crippen LogP contribution in [0, 0.1) is 0 Å². The van der Waals surface area contributed by atoms with E-state index in [9.17, 15) is 4.79 Å². The molecule has 1 amide bonds. The number of amides is 1. The molecule has 0 aromatic heterocycles. The number of carbonyl (C=O) groups excluding carboxylic acids is 1. The summed E-state index contributed by atoms with van der Waals surface area (Å²) in [7, 11) is 0. The molecule has 0 spiro atoms.